The van der Waals surface area contributed by atoms with Crippen LogP contribution in [0.4, 0.5) is 0 Å². The van der Waals surface area contributed by atoms with E-state index in [0.717, 1.165) is 5.82 Å². The summed E-state index contributed by atoms with van der Waals surface area (Å²) in [5, 5.41) is 9.03. The summed E-state index contributed by atoms with van der Waals surface area (Å²) in [4.78, 5) is 15.2. The third-order valence-electron chi connectivity index (χ3n) is 3.02. The van der Waals surface area contributed by atoms with Crippen LogP contribution in [0.2, 0.25) is 0 Å². The molecule has 0 amide bonds. The van der Waals surface area contributed by atoms with E-state index in [4.69, 9.17) is 9.84 Å². The van der Waals surface area contributed by atoms with Gasteiger partial charge in [0.1, 0.15) is 11.6 Å². The molecule has 0 unspecified atom stereocenters. The highest BCUT2D eigenvalue weighted by Crippen LogP contribution is 2.21. The molecule has 1 aromatic carbocycles. The number of rotatable bonds is 5. The summed E-state index contributed by atoms with van der Waals surface area (Å²) in [5.41, 5.74) is 0.921. The Morgan fingerprint density at radius 2 is 2.26 bits per heavy atom. The van der Waals surface area contributed by atoms with Gasteiger partial charge in [-0.05, 0) is 19.1 Å². The summed E-state index contributed by atoms with van der Waals surface area (Å²) in [6.07, 6.45) is 4.30. The van der Waals surface area contributed by atoms with Gasteiger partial charge in [0.05, 0.1) is 12.2 Å². The van der Waals surface area contributed by atoms with Gasteiger partial charge in [0.15, 0.2) is 0 Å². The molecule has 0 fully saturated rings. The number of aryl methyl sites for hydroxylation is 1. The van der Waals surface area contributed by atoms with Crippen molar-refractivity contribution in [2.24, 2.45) is 7.05 Å². The zero-order chi connectivity index (χ0) is 13.8. The van der Waals surface area contributed by atoms with Gasteiger partial charge < -0.3 is 14.4 Å². The molecule has 2 aromatic rings. The molecule has 2 rings (SSSR count). The molecular weight excluding hydrogens is 244 g/mol. The second-order valence-corrected chi connectivity index (χ2v) is 4.29. The normalized spacial score (nSPS) is 10.4. The standard InChI is InChI=1S/C14H16N2O3/c1-10-11(14(17)18)4-3-5-12(10)19-9-6-13-15-7-8-16(13)2/h3-5,7-8H,6,9H2,1-2H3,(H,17,18). The van der Waals surface area contributed by atoms with Crippen LogP contribution in [-0.4, -0.2) is 27.2 Å². The van der Waals surface area contributed by atoms with Gasteiger partial charge in [-0.25, -0.2) is 9.78 Å². The maximum atomic E-state index is 11.0. The summed E-state index contributed by atoms with van der Waals surface area (Å²) < 4.78 is 7.57. The van der Waals surface area contributed by atoms with Crippen molar-refractivity contribution < 1.29 is 14.6 Å². The Bertz CT molecular complexity index is 590. The van der Waals surface area contributed by atoms with Gasteiger partial charge in [-0.1, -0.05) is 6.07 Å². The Balaban J connectivity index is 2.02. The minimum Gasteiger partial charge on any atom is -0.493 e. The Kier molecular flexibility index (Phi) is 3.85. The molecular formula is C14H16N2O3. The second kappa shape index (κ2) is 5.56. The summed E-state index contributed by atoms with van der Waals surface area (Å²) in [6, 6.07) is 5.04. The lowest BCUT2D eigenvalue weighted by Gasteiger charge is -2.10. The molecule has 1 N–H and O–H groups in total. The Morgan fingerprint density at radius 1 is 1.47 bits per heavy atom. The molecule has 1 aromatic heterocycles. The minimum absolute atomic E-state index is 0.273. The van der Waals surface area contributed by atoms with Crippen LogP contribution in [0.3, 0.4) is 0 Å². The van der Waals surface area contributed by atoms with E-state index in [1.165, 1.54) is 0 Å². The molecule has 0 radical (unpaired) electrons. The number of carboxylic acids is 1. The van der Waals surface area contributed by atoms with Gasteiger partial charge in [0.25, 0.3) is 0 Å². The van der Waals surface area contributed by atoms with Gasteiger partial charge in [-0.3, -0.25) is 0 Å². The number of imidazole rings is 1. The summed E-state index contributed by atoms with van der Waals surface area (Å²) in [7, 11) is 1.93. The average molecular weight is 260 g/mol. The van der Waals surface area contributed by atoms with E-state index in [2.05, 4.69) is 4.98 Å². The van der Waals surface area contributed by atoms with Crippen molar-refractivity contribution in [3.63, 3.8) is 0 Å². The molecule has 0 spiro atoms. The molecule has 0 saturated carbocycles. The molecule has 0 atom stereocenters. The first kappa shape index (κ1) is 13.1. The average Bonchev–Trinajstić information content (AvgIpc) is 2.77. The van der Waals surface area contributed by atoms with Crippen LogP contribution < -0.4 is 4.74 Å². The molecule has 100 valence electrons. The van der Waals surface area contributed by atoms with Crippen LogP contribution in [-0.2, 0) is 13.5 Å². The number of carbonyl (C=O) groups is 1. The van der Waals surface area contributed by atoms with Crippen molar-refractivity contribution in [3.05, 3.63) is 47.5 Å². The lowest BCUT2D eigenvalue weighted by Crippen LogP contribution is -2.08. The van der Waals surface area contributed by atoms with E-state index in [-0.39, 0.29) is 5.56 Å². The largest absolute Gasteiger partial charge is 0.493 e. The lowest BCUT2D eigenvalue weighted by atomic mass is 10.1. The zero-order valence-corrected chi connectivity index (χ0v) is 11.0. The fourth-order valence-electron chi connectivity index (χ4n) is 1.89. The predicted octanol–water partition coefficient (Wildman–Crippen LogP) is 2.05. The first-order valence-corrected chi connectivity index (χ1v) is 6.01. The first-order chi connectivity index (χ1) is 9.09. The third-order valence-corrected chi connectivity index (χ3v) is 3.02. The van der Waals surface area contributed by atoms with Crippen molar-refractivity contribution >= 4 is 5.97 Å². The number of hydrogen-bond acceptors (Lipinski definition) is 3. The predicted molar refractivity (Wildman–Crippen MR) is 70.5 cm³/mol. The van der Waals surface area contributed by atoms with E-state index in [9.17, 15) is 4.79 Å². The van der Waals surface area contributed by atoms with Gasteiger partial charge in [0.2, 0.25) is 0 Å². The molecule has 0 aliphatic carbocycles. The molecule has 0 aliphatic heterocycles. The fraction of sp³-hybridized carbons (Fsp3) is 0.286. The quantitative estimate of drug-likeness (QED) is 0.893. The summed E-state index contributed by atoms with van der Waals surface area (Å²) in [5.74, 6) is 0.605. The topological polar surface area (TPSA) is 64.4 Å². The maximum Gasteiger partial charge on any atom is 0.336 e. The number of benzene rings is 1. The van der Waals surface area contributed by atoms with E-state index < -0.39 is 5.97 Å². The molecule has 0 aliphatic rings. The molecule has 19 heavy (non-hydrogen) atoms. The van der Waals surface area contributed by atoms with Crippen LogP contribution in [0, 0.1) is 6.92 Å². The summed E-state index contributed by atoms with van der Waals surface area (Å²) >= 11 is 0. The molecule has 5 heteroatoms. The third kappa shape index (κ3) is 2.93. The number of hydrogen-bond donors (Lipinski definition) is 1. The Labute approximate surface area is 111 Å². The number of carboxylic acid groups (broad SMARTS) is 1. The molecule has 1 heterocycles. The smallest absolute Gasteiger partial charge is 0.336 e. The number of aromatic carboxylic acids is 1. The van der Waals surface area contributed by atoms with Gasteiger partial charge in [-0.15, -0.1) is 0 Å². The van der Waals surface area contributed by atoms with Crippen LogP contribution >= 0.6 is 0 Å². The Hall–Kier alpha value is -2.30. The van der Waals surface area contributed by atoms with Crippen LogP contribution in [0.5, 0.6) is 5.75 Å². The summed E-state index contributed by atoms with van der Waals surface area (Å²) in [6.45, 7) is 2.22. The van der Waals surface area contributed by atoms with E-state index in [0.29, 0.717) is 24.3 Å². The van der Waals surface area contributed by atoms with Crippen molar-refractivity contribution in [1.29, 1.82) is 0 Å². The number of nitrogens with zero attached hydrogens (tertiary/aromatic N) is 2. The van der Waals surface area contributed by atoms with E-state index in [1.807, 2.05) is 17.8 Å². The fourth-order valence-corrected chi connectivity index (χ4v) is 1.89. The minimum atomic E-state index is -0.938. The second-order valence-electron chi connectivity index (χ2n) is 4.29. The van der Waals surface area contributed by atoms with Gasteiger partial charge in [0, 0.05) is 31.4 Å². The highest BCUT2D eigenvalue weighted by atomic mass is 16.5. The van der Waals surface area contributed by atoms with Gasteiger partial charge in [-0.2, -0.15) is 0 Å². The number of aromatic nitrogens is 2. The highest BCUT2D eigenvalue weighted by molar-refractivity contribution is 5.90. The van der Waals surface area contributed by atoms with Crippen molar-refractivity contribution in [2.45, 2.75) is 13.3 Å². The molecule has 5 nitrogen and oxygen atoms in total. The van der Waals surface area contributed by atoms with Crippen molar-refractivity contribution in [3.8, 4) is 5.75 Å². The Morgan fingerprint density at radius 3 is 2.89 bits per heavy atom. The molecule has 0 bridgehead atoms. The van der Waals surface area contributed by atoms with Crippen LogP contribution in [0.25, 0.3) is 0 Å². The SMILES string of the molecule is Cc1c(OCCc2nccn2C)cccc1C(=O)O. The maximum absolute atomic E-state index is 11.0. The zero-order valence-electron chi connectivity index (χ0n) is 11.0. The van der Waals surface area contributed by atoms with Gasteiger partial charge >= 0.3 is 5.97 Å². The number of ether oxygens (including phenoxy) is 1. The van der Waals surface area contributed by atoms with E-state index >= 15 is 0 Å². The lowest BCUT2D eigenvalue weighted by molar-refractivity contribution is 0.0695. The van der Waals surface area contributed by atoms with E-state index in [1.54, 1.807) is 31.3 Å². The van der Waals surface area contributed by atoms with Crippen molar-refractivity contribution in [1.82, 2.24) is 9.55 Å². The van der Waals surface area contributed by atoms with Crippen molar-refractivity contribution in [2.75, 3.05) is 6.61 Å². The van der Waals surface area contributed by atoms with Crippen LogP contribution in [0.15, 0.2) is 30.6 Å². The first-order valence-electron chi connectivity index (χ1n) is 6.01. The monoisotopic (exact) mass is 260 g/mol. The molecule has 0 saturated heterocycles. The highest BCUT2D eigenvalue weighted by Gasteiger charge is 2.11. The van der Waals surface area contributed by atoms with Crippen LogP contribution in [0.1, 0.15) is 21.7 Å².